The number of nitrogens with one attached hydrogen (secondary N) is 2. The van der Waals surface area contributed by atoms with Gasteiger partial charge in [-0.3, -0.25) is 9.59 Å². The Bertz CT molecular complexity index is 792. The van der Waals surface area contributed by atoms with Crippen molar-refractivity contribution in [3.05, 3.63) is 64.1 Å². The van der Waals surface area contributed by atoms with E-state index in [1.54, 1.807) is 13.0 Å². The van der Waals surface area contributed by atoms with Crippen LogP contribution in [0.15, 0.2) is 53.6 Å². The third-order valence-electron chi connectivity index (χ3n) is 3.35. The first-order valence-electron chi connectivity index (χ1n) is 7.59. The highest BCUT2D eigenvalue weighted by atomic mass is 35.5. The molecule has 0 aliphatic rings. The summed E-state index contributed by atoms with van der Waals surface area (Å²) >= 11 is 11.7. The number of rotatable bonds is 5. The number of carbonyl (C=O) groups is 2. The Labute approximate surface area is 156 Å². The molecule has 25 heavy (non-hydrogen) atoms. The third kappa shape index (κ3) is 6.21. The van der Waals surface area contributed by atoms with E-state index in [4.69, 9.17) is 23.2 Å². The van der Waals surface area contributed by atoms with Gasteiger partial charge < -0.3 is 5.32 Å². The number of hydrogen-bond acceptors (Lipinski definition) is 3. The molecule has 0 unspecified atom stereocenters. The zero-order valence-electron chi connectivity index (χ0n) is 13.6. The van der Waals surface area contributed by atoms with Crippen LogP contribution in [-0.2, 0) is 16.0 Å². The number of nitrogens with zero attached hydrogens (tertiary/aromatic N) is 1. The zero-order chi connectivity index (χ0) is 18.2. The maximum atomic E-state index is 11.8. The summed E-state index contributed by atoms with van der Waals surface area (Å²) in [7, 11) is 0. The van der Waals surface area contributed by atoms with Crippen LogP contribution < -0.4 is 10.7 Å². The Morgan fingerprint density at radius 3 is 2.40 bits per heavy atom. The fourth-order valence-corrected chi connectivity index (χ4v) is 2.28. The molecular formula is C18H17Cl2N3O2. The quantitative estimate of drug-likeness (QED) is 0.468. The van der Waals surface area contributed by atoms with Gasteiger partial charge in [0, 0.05) is 11.4 Å². The predicted molar refractivity (Wildman–Crippen MR) is 101 cm³/mol. The average Bonchev–Trinajstić information content (AvgIpc) is 2.61. The first kappa shape index (κ1) is 19.0. The van der Waals surface area contributed by atoms with Crippen molar-refractivity contribution in [2.45, 2.75) is 19.8 Å². The van der Waals surface area contributed by atoms with Crippen molar-refractivity contribution in [2.24, 2.45) is 5.10 Å². The molecule has 0 atom stereocenters. The van der Waals surface area contributed by atoms with E-state index in [1.165, 1.54) is 17.7 Å². The van der Waals surface area contributed by atoms with Gasteiger partial charge in [0.25, 0.3) is 0 Å². The van der Waals surface area contributed by atoms with E-state index in [0.29, 0.717) is 17.1 Å². The zero-order valence-corrected chi connectivity index (χ0v) is 15.1. The molecule has 0 fully saturated rings. The first-order valence-corrected chi connectivity index (χ1v) is 8.35. The molecule has 2 N–H and O–H groups in total. The van der Waals surface area contributed by atoms with Crippen LogP contribution in [0.2, 0.25) is 10.0 Å². The summed E-state index contributed by atoms with van der Waals surface area (Å²) < 4.78 is 0. The first-order chi connectivity index (χ1) is 12.0. The molecule has 2 amide bonds. The number of hydrazone groups is 1. The fraction of sp³-hybridized carbons (Fsp3) is 0.167. The molecule has 0 aromatic heterocycles. The van der Waals surface area contributed by atoms with Crippen LogP contribution in [0.1, 0.15) is 18.9 Å². The summed E-state index contributed by atoms with van der Waals surface area (Å²) in [6, 6.07) is 14.5. The minimum absolute atomic E-state index is 0.287. The lowest BCUT2D eigenvalue weighted by Crippen LogP contribution is -2.32. The number of benzene rings is 2. The molecule has 0 aliphatic heterocycles. The van der Waals surface area contributed by atoms with E-state index in [9.17, 15) is 9.59 Å². The predicted octanol–water partition coefficient (Wildman–Crippen LogP) is 4.06. The van der Waals surface area contributed by atoms with Crippen molar-refractivity contribution < 1.29 is 9.59 Å². The van der Waals surface area contributed by atoms with Crippen molar-refractivity contribution in [1.82, 2.24) is 5.43 Å². The number of halogens is 2. The summed E-state index contributed by atoms with van der Waals surface area (Å²) in [4.78, 5) is 23.6. The van der Waals surface area contributed by atoms with Crippen molar-refractivity contribution in [3.63, 3.8) is 0 Å². The van der Waals surface area contributed by atoms with Gasteiger partial charge in [-0.25, -0.2) is 5.43 Å². The number of amides is 2. The lowest BCUT2D eigenvalue weighted by Gasteiger charge is -2.06. The highest BCUT2D eigenvalue weighted by Gasteiger charge is 2.13. The van der Waals surface area contributed by atoms with E-state index in [0.717, 1.165) is 12.1 Å². The minimum Gasteiger partial charge on any atom is -0.318 e. The standard InChI is InChI=1S/C18H17Cl2N3O2/c1-12(7-8-13-5-3-2-4-6-13)22-23-18(25)17(24)21-14-9-10-15(19)16(20)11-14/h2-6,9-11H,7-8H2,1H3,(H,21,24)(H,23,25)/b22-12+. The minimum atomic E-state index is -0.856. The van der Waals surface area contributed by atoms with E-state index in [-0.39, 0.29) is 5.02 Å². The van der Waals surface area contributed by atoms with Crippen LogP contribution in [0.25, 0.3) is 0 Å². The molecule has 2 rings (SSSR count). The van der Waals surface area contributed by atoms with E-state index in [1.807, 2.05) is 30.3 Å². The molecule has 0 saturated heterocycles. The normalized spacial score (nSPS) is 11.1. The Morgan fingerprint density at radius 2 is 1.72 bits per heavy atom. The Morgan fingerprint density at radius 1 is 1.00 bits per heavy atom. The van der Waals surface area contributed by atoms with Gasteiger partial charge in [-0.2, -0.15) is 5.10 Å². The smallest absolute Gasteiger partial charge is 0.318 e. The van der Waals surface area contributed by atoms with E-state index >= 15 is 0 Å². The lowest BCUT2D eigenvalue weighted by molar-refractivity contribution is -0.136. The molecule has 0 aliphatic carbocycles. The molecule has 7 heteroatoms. The number of carbonyl (C=O) groups excluding carboxylic acids is 2. The highest BCUT2D eigenvalue weighted by molar-refractivity contribution is 6.42. The van der Waals surface area contributed by atoms with Crippen LogP contribution in [0.4, 0.5) is 5.69 Å². The molecule has 0 saturated carbocycles. The van der Waals surface area contributed by atoms with Crippen LogP contribution >= 0.6 is 23.2 Å². The van der Waals surface area contributed by atoms with Crippen LogP contribution in [0.5, 0.6) is 0 Å². The molecule has 2 aromatic carbocycles. The molecule has 0 spiro atoms. The highest BCUT2D eigenvalue weighted by Crippen LogP contribution is 2.24. The molecule has 0 bridgehead atoms. The summed E-state index contributed by atoms with van der Waals surface area (Å²) in [5.74, 6) is -1.69. The van der Waals surface area contributed by atoms with Crippen molar-refractivity contribution in [1.29, 1.82) is 0 Å². The number of anilines is 1. The number of hydrogen-bond donors (Lipinski definition) is 2. The van der Waals surface area contributed by atoms with Crippen molar-refractivity contribution in [2.75, 3.05) is 5.32 Å². The largest absolute Gasteiger partial charge is 0.329 e. The van der Waals surface area contributed by atoms with Gasteiger partial charge in [-0.15, -0.1) is 0 Å². The van der Waals surface area contributed by atoms with Crippen LogP contribution in [-0.4, -0.2) is 17.5 Å². The van der Waals surface area contributed by atoms with Gasteiger partial charge in [0.15, 0.2) is 0 Å². The van der Waals surface area contributed by atoms with Gasteiger partial charge in [0.1, 0.15) is 0 Å². The maximum Gasteiger partial charge on any atom is 0.329 e. The molecule has 130 valence electrons. The van der Waals surface area contributed by atoms with Gasteiger partial charge >= 0.3 is 11.8 Å². The molecule has 5 nitrogen and oxygen atoms in total. The second-order valence-electron chi connectivity index (χ2n) is 5.36. The SMILES string of the molecule is C/C(CCc1ccccc1)=N\NC(=O)C(=O)Nc1ccc(Cl)c(Cl)c1. The summed E-state index contributed by atoms with van der Waals surface area (Å²) in [5, 5.41) is 7.02. The monoisotopic (exact) mass is 377 g/mol. The summed E-state index contributed by atoms with van der Waals surface area (Å²) in [6.07, 6.45) is 1.49. The fourth-order valence-electron chi connectivity index (χ4n) is 1.98. The molecular weight excluding hydrogens is 361 g/mol. The molecule has 0 radical (unpaired) electrons. The van der Waals surface area contributed by atoms with Gasteiger partial charge in [0.2, 0.25) is 0 Å². The summed E-state index contributed by atoms with van der Waals surface area (Å²) in [6.45, 7) is 1.79. The number of aryl methyl sites for hydroxylation is 1. The maximum absolute atomic E-state index is 11.8. The molecule has 2 aromatic rings. The Kier molecular flexibility index (Phi) is 6.98. The van der Waals surface area contributed by atoms with Gasteiger partial charge in [-0.1, -0.05) is 53.5 Å². The van der Waals surface area contributed by atoms with Crippen molar-refractivity contribution in [3.8, 4) is 0 Å². The topological polar surface area (TPSA) is 70.6 Å². The second kappa shape index (κ2) is 9.20. The Balaban J connectivity index is 1.83. The summed E-state index contributed by atoms with van der Waals surface area (Å²) in [5.41, 5.74) is 4.52. The van der Waals surface area contributed by atoms with E-state index < -0.39 is 11.8 Å². The van der Waals surface area contributed by atoms with Crippen molar-refractivity contribution >= 4 is 46.4 Å². The van der Waals surface area contributed by atoms with Crippen LogP contribution in [0, 0.1) is 0 Å². The van der Waals surface area contributed by atoms with Gasteiger partial charge in [0.05, 0.1) is 10.0 Å². The second-order valence-corrected chi connectivity index (χ2v) is 6.17. The molecule has 0 heterocycles. The average molecular weight is 378 g/mol. The van der Waals surface area contributed by atoms with E-state index in [2.05, 4.69) is 15.8 Å². The lowest BCUT2D eigenvalue weighted by atomic mass is 10.1. The Hall–Kier alpha value is -2.37. The van der Waals surface area contributed by atoms with Gasteiger partial charge in [-0.05, 0) is 43.5 Å². The third-order valence-corrected chi connectivity index (χ3v) is 4.09. The van der Waals surface area contributed by atoms with Crippen LogP contribution in [0.3, 0.4) is 0 Å².